The van der Waals surface area contributed by atoms with Gasteiger partial charge in [-0.1, -0.05) is 0 Å². The number of rotatable bonds is 7. The molecule has 0 saturated heterocycles. The topological polar surface area (TPSA) is 105 Å². The van der Waals surface area contributed by atoms with Gasteiger partial charge in [-0.3, -0.25) is 4.79 Å². The molecule has 0 aliphatic rings. The van der Waals surface area contributed by atoms with Crippen molar-refractivity contribution in [3.05, 3.63) is 23.8 Å². The third kappa shape index (κ3) is 14.0. The standard InChI is InChI=1S/C8H8O3.C6H14O2.C3H8O2/c1-11-8-3-2-6(5-9)4-7(8)10;1-4-7-6(3)8-5-2;1-3(5)2-4/h2-5,10H,1H3;6H,4-5H2,1-3H3;3-5H,2H2,1H3. The van der Waals surface area contributed by atoms with Gasteiger partial charge in [0.1, 0.15) is 6.29 Å². The SMILES string of the molecule is CC(O)CO.CCOC(C)OCC.COc1ccc(C=O)cc1O. The van der Waals surface area contributed by atoms with Gasteiger partial charge in [0.15, 0.2) is 17.8 Å². The molecule has 7 heteroatoms. The number of phenols is 1. The van der Waals surface area contributed by atoms with Crippen molar-refractivity contribution in [3.8, 4) is 11.5 Å². The molecule has 0 radical (unpaired) electrons. The Bertz CT molecular complexity index is 415. The second-order valence-electron chi connectivity index (χ2n) is 4.56. The number of methoxy groups -OCH3 is 1. The van der Waals surface area contributed by atoms with Crippen LogP contribution in [-0.4, -0.2) is 60.9 Å². The van der Waals surface area contributed by atoms with E-state index in [0.717, 1.165) is 13.2 Å². The molecule has 1 aromatic rings. The van der Waals surface area contributed by atoms with Gasteiger partial charge in [0.05, 0.1) is 19.8 Å². The van der Waals surface area contributed by atoms with Crippen LogP contribution in [-0.2, 0) is 9.47 Å². The minimum Gasteiger partial charge on any atom is -0.504 e. The molecule has 7 nitrogen and oxygen atoms in total. The molecule has 1 rings (SSSR count). The summed E-state index contributed by atoms with van der Waals surface area (Å²) in [6.07, 6.45) is 0.0686. The molecule has 0 bridgehead atoms. The summed E-state index contributed by atoms with van der Waals surface area (Å²) in [6, 6.07) is 4.47. The molecule has 1 atom stereocenters. The average molecular weight is 346 g/mol. The molecule has 3 N–H and O–H groups in total. The lowest BCUT2D eigenvalue weighted by atomic mass is 10.2. The number of aromatic hydroxyl groups is 1. The van der Waals surface area contributed by atoms with Crippen LogP contribution in [0, 0.1) is 0 Å². The van der Waals surface area contributed by atoms with Gasteiger partial charge >= 0.3 is 0 Å². The lowest BCUT2D eigenvalue weighted by molar-refractivity contribution is -0.123. The normalized spacial score (nSPS) is 10.8. The van der Waals surface area contributed by atoms with Crippen molar-refractivity contribution in [1.82, 2.24) is 0 Å². The predicted molar refractivity (Wildman–Crippen MR) is 91.5 cm³/mol. The van der Waals surface area contributed by atoms with Crippen LogP contribution >= 0.6 is 0 Å². The summed E-state index contributed by atoms with van der Waals surface area (Å²) in [5, 5.41) is 25.1. The summed E-state index contributed by atoms with van der Waals surface area (Å²) < 4.78 is 14.9. The number of hydrogen-bond donors (Lipinski definition) is 3. The Labute approximate surface area is 143 Å². The van der Waals surface area contributed by atoms with Gasteiger partial charge in [0.2, 0.25) is 0 Å². The zero-order valence-corrected chi connectivity index (χ0v) is 15.1. The number of aliphatic hydroxyl groups is 2. The molecule has 24 heavy (non-hydrogen) atoms. The van der Waals surface area contributed by atoms with Gasteiger partial charge in [-0.2, -0.15) is 0 Å². The molecule has 0 fully saturated rings. The minimum atomic E-state index is -0.560. The molecule has 0 aromatic heterocycles. The Morgan fingerprint density at radius 1 is 1.17 bits per heavy atom. The smallest absolute Gasteiger partial charge is 0.160 e. The van der Waals surface area contributed by atoms with Gasteiger partial charge in [-0.25, -0.2) is 0 Å². The summed E-state index contributed by atoms with van der Waals surface area (Å²) in [5.74, 6) is 0.354. The second-order valence-corrected chi connectivity index (χ2v) is 4.56. The van der Waals surface area contributed by atoms with E-state index < -0.39 is 6.10 Å². The van der Waals surface area contributed by atoms with E-state index >= 15 is 0 Å². The fourth-order valence-electron chi connectivity index (χ4n) is 1.30. The number of carbonyl (C=O) groups is 1. The summed E-state index contributed by atoms with van der Waals surface area (Å²) in [7, 11) is 1.45. The van der Waals surface area contributed by atoms with E-state index in [9.17, 15) is 4.79 Å². The van der Waals surface area contributed by atoms with Crippen LogP contribution < -0.4 is 4.74 Å². The first-order valence-electron chi connectivity index (χ1n) is 7.70. The van der Waals surface area contributed by atoms with E-state index in [1.54, 1.807) is 12.1 Å². The largest absolute Gasteiger partial charge is 0.504 e. The number of carbonyl (C=O) groups excluding carboxylic acids is 1. The molecule has 140 valence electrons. The van der Waals surface area contributed by atoms with Gasteiger partial charge in [-0.05, 0) is 45.9 Å². The third-order valence-electron chi connectivity index (χ3n) is 2.41. The lowest BCUT2D eigenvalue weighted by Gasteiger charge is -2.09. The molecule has 0 spiro atoms. The highest BCUT2D eigenvalue weighted by Crippen LogP contribution is 2.25. The highest BCUT2D eigenvalue weighted by molar-refractivity contribution is 5.76. The van der Waals surface area contributed by atoms with Crippen LogP contribution in [0.3, 0.4) is 0 Å². The number of ether oxygens (including phenoxy) is 3. The van der Waals surface area contributed by atoms with Crippen molar-refractivity contribution in [2.75, 3.05) is 26.9 Å². The summed E-state index contributed by atoms with van der Waals surface area (Å²) in [6.45, 7) is 8.64. The fraction of sp³-hybridized carbons (Fsp3) is 0.588. The van der Waals surface area contributed by atoms with Crippen molar-refractivity contribution in [2.24, 2.45) is 0 Å². The van der Waals surface area contributed by atoms with Gasteiger partial charge in [-0.15, -0.1) is 0 Å². The van der Waals surface area contributed by atoms with Crippen LogP contribution in [0.2, 0.25) is 0 Å². The number of hydrogen-bond acceptors (Lipinski definition) is 7. The molecular weight excluding hydrogens is 316 g/mol. The fourth-order valence-corrected chi connectivity index (χ4v) is 1.30. The van der Waals surface area contributed by atoms with E-state index in [2.05, 4.69) is 0 Å². The first kappa shape index (κ1) is 24.6. The zero-order valence-electron chi connectivity index (χ0n) is 15.1. The zero-order chi connectivity index (χ0) is 19.0. The Morgan fingerprint density at radius 2 is 1.67 bits per heavy atom. The Kier molecular flexibility index (Phi) is 16.6. The number of aliphatic hydroxyl groups excluding tert-OH is 2. The van der Waals surface area contributed by atoms with Crippen molar-refractivity contribution >= 4 is 6.29 Å². The summed E-state index contributed by atoms with van der Waals surface area (Å²) in [5.41, 5.74) is 0.434. The first-order chi connectivity index (χ1) is 11.4. The van der Waals surface area contributed by atoms with E-state index in [-0.39, 0.29) is 18.6 Å². The van der Waals surface area contributed by atoms with Crippen LogP contribution in [0.4, 0.5) is 0 Å². The third-order valence-corrected chi connectivity index (χ3v) is 2.41. The molecule has 0 heterocycles. The highest BCUT2D eigenvalue weighted by atomic mass is 16.7. The first-order valence-corrected chi connectivity index (χ1v) is 7.70. The maximum absolute atomic E-state index is 10.2. The van der Waals surface area contributed by atoms with Crippen molar-refractivity contribution in [3.63, 3.8) is 0 Å². The predicted octanol–water partition coefficient (Wildman–Crippen LogP) is 1.98. The quantitative estimate of drug-likeness (QED) is 0.512. The van der Waals surface area contributed by atoms with Crippen LogP contribution in [0.1, 0.15) is 38.1 Å². The second kappa shape index (κ2) is 16.2. The Balaban J connectivity index is 0. The summed E-state index contributed by atoms with van der Waals surface area (Å²) >= 11 is 0. The molecular formula is C17H30O7. The van der Waals surface area contributed by atoms with Gasteiger partial charge in [0, 0.05) is 18.8 Å². The maximum Gasteiger partial charge on any atom is 0.160 e. The van der Waals surface area contributed by atoms with E-state index in [4.69, 9.17) is 29.5 Å². The van der Waals surface area contributed by atoms with Crippen LogP contribution in [0.15, 0.2) is 18.2 Å². The van der Waals surface area contributed by atoms with Crippen LogP contribution in [0.5, 0.6) is 11.5 Å². The van der Waals surface area contributed by atoms with Crippen molar-refractivity contribution in [2.45, 2.75) is 40.1 Å². The molecule has 1 aromatic carbocycles. The van der Waals surface area contributed by atoms with E-state index in [1.807, 2.05) is 20.8 Å². The number of benzene rings is 1. The van der Waals surface area contributed by atoms with Gasteiger partial charge < -0.3 is 29.5 Å². The van der Waals surface area contributed by atoms with Crippen LogP contribution in [0.25, 0.3) is 0 Å². The van der Waals surface area contributed by atoms with Crippen molar-refractivity contribution in [1.29, 1.82) is 0 Å². The Morgan fingerprint density at radius 3 is 1.96 bits per heavy atom. The molecule has 0 aliphatic heterocycles. The van der Waals surface area contributed by atoms with Gasteiger partial charge in [0.25, 0.3) is 0 Å². The minimum absolute atomic E-state index is 0.0166. The molecule has 1 unspecified atom stereocenters. The number of phenolic OH excluding ortho intramolecular Hbond substituents is 1. The molecule has 0 saturated carbocycles. The van der Waals surface area contributed by atoms with E-state index in [0.29, 0.717) is 17.6 Å². The lowest BCUT2D eigenvalue weighted by Crippen LogP contribution is -2.11. The monoisotopic (exact) mass is 346 g/mol. The maximum atomic E-state index is 10.2. The molecule has 0 amide bonds. The molecule has 0 aliphatic carbocycles. The average Bonchev–Trinajstić information content (AvgIpc) is 2.56. The van der Waals surface area contributed by atoms with E-state index in [1.165, 1.54) is 20.1 Å². The number of aldehydes is 1. The Hall–Kier alpha value is -1.67. The highest BCUT2D eigenvalue weighted by Gasteiger charge is 2.00. The van der Waals surface area contributed by atoms with Crippen molar-refractivity contribution < 1.29 is 34.3 Å². The summed E-state index contributed by atoms with van der Waals surface area (Å²) in [4.78, 5) is 10.2.